The Balaban J connectivity index is 1.36. The van der Waals surface area contributed by atoms with E-state index in [-0.39, 0.29) is 12.0 Å². The average molecular weight is 362 g/mol. The maximum atomic E-state index is 13.0. The first-order chi connectivity index (χ1) is 13.3. The first-order valence-electron chi connectivity index (χ1n) is 9.63. The smallest absolute Gasteiger partial charge is 0.253 e. The van der Waals surface area contributed by atoms with Gasteiger partial charge in [-0.1, -0.05) is 35.5 Å². The van der Waals surface area contributed by atoms with Gasteiger partial charge in [0.05, 0.1) is 11.5 Å². The molecule has 2 fully saturated rings. The third kappa shape index (κ3) is 3.35. The lowest BCUT2D eigenvalue weighted by Gasteiger charge is -2.17. The Morgan fingerprint density at radius 1 is 1.15 bits per heavy atom. The Labute approximate surface area is 157 Å². The summed E-state index contributed by atoms with van der Waals surface area (Å²) in [7, 11) is 0. The normalized spacial score (nSPS) is 19.7. The van der Waals surface area contributed by atoms with Crippen molar-refractivity contribution in [1.82, 2.24) is 10.1 Å². The monoisotopic (exact) mass is 362 g/mol. The number of likely N-dealkylation sites (tertiary alicyclic amines) is 1. The highest BCUT2D eigenvalue weighted by Crippen LogP contribution is 2.31. The van der Waals surface area contributed by atoms with Crippen LogP contribution in [0.1, 0.15) is 29.6 Å². The molecule has 5 nitrogen and oxygen atoms in total. The van der Waals surface area contributed by atoms with Gasteiger partial charge in [-0.05, 0) is 43.4 Å². The largest absolute Gasteiger partial charge is 0.376 e. The van der Waals surface area contributed by atoms with Crippen LogP contribution in [0, 0.1) is 5.92 Å². The molecule has 1 unspecified atom stereocenters. The standard InChI is InChI=1S/C22H22N2O3/c25-22(24-11-10-18(13-24)26-14-15-6-7-15)17-8-9-20-19(12-17)21(27-23-20)16-4-2-1-3-5-16/h1-5,8-9,12,15,18H,6-7,10-11,13-14H2. The van der Waals surface area contributed by atoms with Gasteiger partial charge in [0.1, 0.15) is 5.52 Å². The Morgan fingerprint density at radius 2 is 2.00 bits per heavy atom. The second kappa shape index (κ2) is 6.82. The lowest BCUT2D eigenvalue weighted by Crippen LogP contribution is -2.30. The molecule has 1 aliphatic heterocycles. The number of rotatable bonds is 5. The van der Waals surface area contributed by atoms with Gasteiger partial charge in [-0.3, -0.25) is 4.79 Å². The van der Waals surface area contributed by atoms with Crippen LogP contribution in [0.3, 0.4) is 0 Å². The third-order valence-corrected chi connectivity index (χ3v) is 5.46. The minimum atomic E-state index is 0.0506. The highest BCUT2D eigenvalue weighted by molar-refractivity contribution is 6.01. The van der Waals surface area contributed by atoms with Crippen molar-refractivity contribution in [2.24, 2.45) is 5.92 Å². The Morgan fingerprint density at radius 3 is 2.81 bits per heavy atom. The highest BCUT2D eigenvalue weighted by atomic mass is 16.5. The van der Waals surface area contributed by atoms with Gasteiger partial charge in [0.2, 0.25) is 0 Å². The van der Waals surface area contributed by atoms with E-state index in [1.54, 1.807) is 0 Å². The molecule has 5 heteroatoms. The quantitative estimate of drug-likeness (QED) is 0.685. The summed E-state index contributed by atoms with van der Waals surface area (Å²) in [6, 6.07) is 15.4. The number of amides is 1. The van der Waals surface area contributed by atoms with Crippen LogP contribution in [0.4, 0.5) is 0 Å². The average Bonchev–Trinajstić information content (AvgIpc) is 3.26. The van der Waals surface area contributed by atoms with E-state index >= 15 is 0 Å². The number of benzene rings is 2. The van der Waals surface area contributed by atoms with E-state index in [2.05, 4.69) is 5.16 Å². The summed E-state index contributed by atoms with van der Waals surface area (Å²) in [5, 5.41) is 5.00. The van der Waals surface area contributed by atoms with Crippen molar-refractivity contribution in [3.63, 3.8) is 0 Å². The predicted octanol–water partition coefficient (Wildman–Crippen LogP) is 4.14. The van der Waals surface area contributed by atoms with Gasteiger partial charge in [0, 0.05) is 30.8 Å². The molecule has 1 saturated heterocycles. The lowest BCUT2D eigenvalue weighted by molar-refractivity contribution is 0.0480. The third-order valence-electron chi connectivity index (χ3n) is 5.46. The second-order valence-corrected chi connectivity index (χ2v) is 7.55. The van der Waals surface area contributed by atoms with E-state index in [4.69, 9.17) is 9.26 Å². The number of carbonyl (C=O) groups excluding carboxylic acids is 1. The summed E-state index contributed by atoms with van der Waals surface area (Å²) < 4.78 is 11.5. The zero-order valence-electron chi connectivity index (χ0n) is 15.1. The summed E-state index contributed by atoms with van der Waals surface area (Å²) in [5.41, 5.74) is 2.39. The van der Waals surface area contributed by atoms with E-state index in [1.165, 1.54) is 12.8 Å². The van der Waals surface area contributed by atoms with Crippen molar-refractivity contribution in [2.45, 2.75) is 25.4 Å². The molecule has 0 N–H and O–H groups in total. The number of nitrogens with zero attached hydrogens (tertiary/aromatic N) is 2. The maximum absolute atomic E-state index is 13.0. The number of hydrogen-bond donors (Lipinski definition) is 0. The Bertz CT molecular complexity index is 962. The zero-order valence-corrected chi connectivity index (χ0v) is 15.1. The van der Waals surface area contributed by atoms with Crippen molar-refractivity contribution in [3.05, 3.63) is 54.1 Å². The number of aromatic nitrogens is 1. The molecule has 2 aliphatic rings. The zero-order chi connectivity index (χ0) is 18.2. The van der Waals surface area contributed by atoms with Gasteiger partial charge in [0.15, 0.2) is 5.76 Å². The molecule has 2 heterocycles. The van der Waals surface area contributed by atoms with Gasteiger partial charge < -0.3 is 14.2 Å². The second-order valence-electron chi connectivity index (χ2n) is 7.55. The van der Waals surface area contributed by atoms with Crippen LogP contribution in [-0.4, -0.2) is 41.8 Å². The lowest BCUT2D eigenvalue weighted by atomic mass is 10.1. The molecule has 1 atom stereocenters. The van der Waals surface area contributed by atoms with Crippen LogP contribution in [0.15, 0.2) is 53.1 Å². The molecule has 138 valence electrons. The molecule has 5 rings (SSSR count). The SMILES string of the molecule is O=C(c1ccc2noc(-c3ccccc3)c2c1)N1CCC(OCC2CC2)C1. The van der Waals surface area contributed by atoms with Gasteiger partial charge >= 0.3 is 0 Å². The van der Waals surface area contributed by atoms with Crippen LogP contribution in [-0.2, 0) is 4.74 Å². The summed E-state index contributed by atoms with van der Waals surface area (Å²) in [5.74, 6) is 1.50. The number of carbonyl (C=O) groups is 1. The molecule has 27 heavy (non-hydrogen) atoms. The maximum Gasteiger partial charge on any atom is 0.253 e. The van der Waals surface area contributed by atoms with Gasteiger partial charge in [-0.2, -0.15) is 0 Å². The molecule has 1 amide bonds. The molecule has 1 aliphatic carbocycles. The molecule has 0 bridgehead atoms. The van der Waals surface area contributed by atoms with E-state index in [0.29, 0.717) is 17.9 Å². The van der Waals surface area contributed by atoms with Gasteiger partial charge in [-0.15, -0.1) is 0 Å². The molecular formula is C22H22N2O3. The molecule has 0 radical (unpaired) electrons. The van der Waals surface area contributed by atoms with Crippen molar-refractivity contribution >= 4 is 16.8 Å². The number of ether oxygens (including phenoxy) is 1. The molecule has 3 aromatic rings. The predicted molar refractivity (Wildman–Crippen MR) is 102 cm³/mol. The first kappa shape index (κ1) is 16.5. The molecule has 1 aromatic heterocycles. The molecule has 0 spiro atoms. The van der Waals surface area contributed by atoms with Crippen molar-refractivity contribution < 1.29 is 14.1 Å². The van der Waals surface area contributed by atoms with Crippen LogP contribution >= 0.6 is 0 Å². The van der Waals surface area contributed by atoms with Crippen molar-refractivity contribution in [2.75, 3.05) is 19.7 Å². The molecule has 1 saturated carbocycles. The van der Waals surface area contributed by atoms with Gasteiger partial charge in [-0.25, -0.2) is 0 Å². The molecular weight excluding hydrogens is 340 g/mol. The van der Waals surface area contributed by atoms with Crippen LogP contribution in [0.5, 0.6) is 0 Å². The fourth-order valence-corrected chi connectivity index (χ4v) is 3.66. The van der Waals surface area contributed by atoms with Gasteiger partial charge in [0.25, 0.3) is 5.91 Å². The summed E-state index contributed by atoms with van der Waals surface area (Å²) in [6.45, 7) is 2.28. The van der Waals surface area contributed by atoms with Crippen molar-refractivity contribution in [3.8, 4) is 11.3 Å². The van der Waals surface area contributed by atoms with E-state index in [1.807, 2.05) is 53.4 Å². The fraction of sp³-hybridized carbons (Fsp3) is 0.364. The summed E-state index contributed by atoms with van der Waals surface area (Å²) >= 11 is 0. The van der Waals surface area contributed by atoms with Crippen molar-refractivity contribution in [1.29, 1.82) is 0 Å². The van der Waals surface area contributed by atoms with Crippen LogP contribution in [0.25, 0.3) is 22.2 Å². The Hall–Kier alpha value is -2.66. The molecule has 2 aromatic carbocycles. The minimum Gasteiger partial charge on any atom is -0.376 e. The number of hydrogen-bond acceptors (Lipinski definition) is 4. The topological polar surface area (TPSA) is 55.6 Å². The van der Waals surface area contributed by atoms with E-state index < -0.39 is 0 Å². The summed E-state index contributed by atoms with van der Waals surface area (Å²) in [6.07, 6.45) is 3.67. The Kier molecular flexibility index (Phi) is 4.17. The number of fused-ring (bicyclic) bond motifs is 1. The highest BCUT2D eigenvalue weighted by Gasteiger charge is 2.30. The van der Waals surface area contributed by atoms with E-state index in [9.17, 15) is 4.79 Å². The van der Waals surface area contributed by atoms with E-state index in [0.717, 1.165) is 42.0 Å². The fourth-order valence-electron chi connectivity index (χ4n) is 3.66. The summed E-state index contributed by atoms with van der Waals surface area (Å²) in [4.78, 5) is 14.9. The van der Waals surface area contributed by atoms with Crippen LogP contribution in [0.2, 0.25) is 0 Å². The van der Waals surface area contributed by atoms with Crippen LogP contribution < -0.4 is 0 Å². The first-order valence-corrected chi connectivity index (χ1v) is 9.63. The minimum absolute atomic E-state index is 0.0506.